The second-order valence-corrected chi connectivity index (χ2v) is 7.02. The molecule has 142 valence electrons. The summed E-state index contributed by atoms with van der Waals surface area (Å²) < 4.78 is 5.71. The maximum absolute atomic E-state index is 12.6. The first-order chi connectivity index (χ1) is 13.0. The van der Waals surface area contributed by atoms with Crippen LogP contribution in [0, 0.1) is 0 Å². The molecule has 1 fully saturated rings. The van der Waals surface area contributed by atoms with Crippen molar-refractivity contribution < 1.29 is 14.3 Å². The number of carbonyl (C=O) groups is 2. The molecule has 2 aromatic carbocycles. The molecule has 6 heteroatoms. The van der Waals surface area contributed by atoms with Crippen molar-refractivity contribution in [3.05, 3.63) is 65.2 Å². The number of benzene rings is 2. The van der Waals surface area contributed by atoms with Gasteiger partial charge >= 0.3 is 0 Å². The Kier molecular flexibility index (Phi) is 6.35. The van der Waals surface area contributed by atoms with E-state index >= 15 is 0 Å². The van der Waals surface area contributed by atoms with E-state index in [-0.39, 0.29) is 11.8 Å². The molecule has 1 saturated heterocycles. The number of hydrogen-bond donors (Lipinski definition) is 0. The zero-order chi connectivity index (χ0) is 19.2. The Bertz CT molecular complexity index is 772. The molecule has 1 unspecified atom stereocenters. The Balaban J connectivity index is 1.48. The average Bonchev–Trinajstić information content (AvgIpc) is 2.70. The van der Waals surface area contributed by atoms with Gasteiger partial charge in [0.1, 0.15) is 5.75 Å². The van der Waals surface area contributed by atoms with Crippen molar-refractivity contribution in [2.45, 2.75) is 19.4 Å². The fourth-order valence-corrected chi connectivity index (χ4v) is 3.21. The van der Waals surface area contributed by atoms with Crippen LogP contribution in [-0.4, -0.2) is 53.9 Å². The van der Waals surface area contributed by atoms with Crippen LogP contribution in [0.5, 0.6) is 5.75 Å². The van der Waals surface area contributed by atoms with Crippen LogP contribution in [0.3, 0.4) is 0 Å². The molecule has 0 bridgehead atoms. The van der Waals surface area contributed by atoms with Gasteiger partial charge < -0.3 is 14.5 Å². The minimum Gasteiger partial charge on any atom is -0.481 e. The number of nitrogens with zero attached hydrogens (tertiary/aromatic N) is 2. The van der Waals surface area contributed by atoms with Crippen molar-refractivity contribution in [1.29, 1.82) is 0 Å². The van der Waals surface area contributed by atoms with Crippen LogP contribution in [0.4, 0.5) is 0 Å². The van der Waals surface area contributed by atoms with Gasteiger partial charge in [0.05, 0.1) is 6.42 Å². The van der Waals surface area contributed by atoms with Crippen LogP contribution in [0.15, 0.2) is 54.6 Å². The topological polar surface area (TPSA) is 49.9 Å². The molecular weight excluding hydrogens is 364 g/mol. The van der Waals surface area contributed by atoms with Gasteiger partial charge in [-0.05, 0) is 36.8 Å². The summed E-state index contributed by atoms with van der Waals surface area (Å²) in [7, 11) is 0. The van der Waals surface area contributed by atoms with Gasteiger partial charge in [0, 0.05) is 31.2 Å². The third kappa shape index (κ3) is 5.23. The third-order valence-electron chi connectivity index (χ3n) is 4.62. The van der Waals surface area contributed by atoms with E-state index in [1.54, 1.807) is 36.1 Å². The first kappa shape index (κ1) is 19.2. The summed E-state index contributed by atoms with van der Waals surface area (Å²) in [6.07, 6.45) is -0.192. The van der Waals surface area contributed by atoms with Gasteiger partial charge in [0.2, 0.25) is 5.91 Å². The van der Waals surface area contributed by atoms with Gasteiger partial charge in [-0.25, -0.2) is 0 Å². The zero-order valence-corrected chi connectivity index (χ0v) is 16.1. The number of carbonyl (C=O) groups excluding carboxylic acids is 2. The fraction of sp³-hybridized carbons (Fsp3) is 0.333. The molecule has 0 saturated carbocycles. The highest BCUT2D eigenvalue weighted by Gasteiger charge is 2.27. The van der Waals surface area contributed by atoms with E-state index in [0.717, 1.165) is 5.56 Å². The number of halogens is 1. The molecule has 5 nitrogen and oxygen atoms in total. The van der Waals surface area contributed by atoms with Crippen molar-refractivity contribution in [3.8, 4) is 5.75 Å². The number of ether oxygens (including phenoxy) is 1. The van der Waals surface area contributed by atoms with Crippen LogP contribution < -0.4 is 4.74 Å². The standard InChI is InChI=1S/C21H23ClN2O3/c1-16(27-19-9-7-18(22)8-10-19)21(26)24-13-11-23(12-14-24)20(25)15-17-5-3-2-4-6-17/h2-10,16H,11-15H2,1H3. The molecule has 0 radical (unpaired) electrons. The van der Waals surface area contributed by atoms with Gasteiger partial charge in [-0.2, -0.15) is 0 Å². The molecule has 2 aromatic rings. The van der Waals surface area contributed by atoms with Gasteiger partial charge in [-0.1, -0.05) is 41.9 Å². The molecule has 1 aliphatic rings. The van der Waals surface area contributed by atoms with E-state index in [9.17, 15) is 9.59 Å². The zero-order valence-electron chi connectivity index (χ0n) is 15.3. The lowest BCUT2D eigenvalue weighted by atomic mass is 10.1. The van der Waals surface area contributed by atoms with E-state index in [1.807, 2.05) is 35.2 Å². The number of piperazine rings is 1. The van der Waals surface area contributed by atoms with Crippen LogP contribution >= 0.6 is 11.6 Å². The first-order valence-electron chi connectivity index (χ1n) is 9.05. The van der Waals surface area contributed by atoms with E-state index < -0.39 is 6.10 Å². The molecular formula is C21H23ClN2O3. The Labute approximate surface area is 164 Å². The lowest BCUT2D eigenvalue weighted by Crippen LogP contribution is -2.53. The average molecular weight is 387 g/mol. The summed E-state index contributed by atoms with van der Waals surface area (Å²) in [4.78, 5) is 28.6. The maximum Gasteiger partial charge on any atom is 0.263 e. The molecule has 0 N–H and O–H groups in total. The third-order valence-corrected chi connectivity index (χ3v) is 4.87. The Morgan fingerprint density at radius 3 is 2.19 bits per heavy atom. The monoisotopic (exact) mass is 386 g/mol. The van der Waals surface area contributed by atoms with Crippen molar-refractivity contribution in [3.63, 3.8) is 0 Å². The normalized spacial score (nSPS) is 15.3. The predicted molar refractivity (Wildman–Crippen MR) is 105 cm³/mol. The molecule has 1 atom stereocenters. The molecule has 1 aliphatic heterocycles. The van der Waals surface area contributed by atoms with Crippen LogP contribution in [0.2, 0.25) is 5.02 Å². The van der Waals surface area contributed by atoms with E-state index in [4.69, 9.17) is 16.3 Å². The highest BCUT2D eigenvalue weighted by atomic mass is 35.5. The van der Waals surface area contributed by atoms with Crippen molar-refractivity contribution in [1.82, 2.24) is 9.80 Å². The predicted octanol–water partition coefficient (Wildman–Crippen LogP) is 3.02. The first-order valence-corrected chi connectivity index (χ1v) is 9.43. The van der Waals surface area contributed by atoms with Gasteiger partial charge in [-0.3, -0.25) is 9.59 Å². The lowest BCUT2D eigenvalue weighted by Gasteiger charge is -2.36. The van der Waals surface area contributed by atoms with E-state index in [0.29, 0.717) is 43.4 Å². The van der Waals surface area contributed by atoms with Crippen LogP contribution in [0.25, 0.3) is 0 Å². The molecule has 0 spiro atoms. The highest BCUT2D eigenvalue weighted by molar-refractivity contribution is 6.30. The molecule has 0 aliphatic carbocycles. The van der Waals surface area contributed by atoms with Crippen LogP contribution in [0.1, 0.15) is 12.5 Å². The largest absolute Gasteiger partial charge is 0.481 e. The van der Waals surface area contributed by atoms with Crippen molar-refractivity contribution in [2.24, 2.45) is 0 Å². The molecule has 27 heavy (non-hydrogen) atoms. The summed E-state index contributed by atoms with van der Waals surface area (Å²) in [5.41, 5.74) is 1.01. The minimum atomic E-state index is -0.585. The molecule has 0 aromatic heterocycles. The summed E-state index contributed by atoms with van der Waals surface area (Å²) in [5.74, 6) is 0.635. The smallest absolute Gasteiger partial charge is 0.263 e. The number of hydrogen-bond acceptors (Lipinski definition) is 3. The quantitative estimate of drug-likeness (QED) is 0.793. The number of amides is 2. The second-order valence-electron chi connectivity index (χ2n) is 6.58. The lowest BCUT2D eigenvalue weighted by molar-refractivity contribution is -0.143. The summed E-state index contributed by atoms with van der Waals surface area (Å²) in [6.45, 7) is 3.88. The SMILES string of the molecule is CC(Oc1ccc(Cl)cc1)C(=O)N1CCN(C(=O)Cc2ccccc2)CC1. The van der Waals surface area contributed by atoms with E-state index in [2.05, 4.69) is 0 Å². The fourth-order valence-electron chi connectivity index (χ4n) is 3.08. The minimum absolute atomic E-state index is 0.0693. The maximum atomic E-state index is 12.6. The van der Waals surface area contributed by atoms with Crippen molar-refractivity contribution in [2.75, 3.05) is 26.2 Å². The molecule has 1 heterocycles. The molecule has 2 amide bonds. The van der Waals surface area contributed by atoms with Gasteiger partial charge in [0.25, 0.3) is 5.91 Å². The van der Waals surface area contributed by atoms with E-state index in [1.165, 1.54) is 0 Å². The highest BCUT2D eigenvalue weighted by Crippen LogP contribution is 2.18. The Morgan fingerprint density at radius 2 is 1.56 bits per heavy atom. The van der Waals surface area contributed by atoms with Crippen molar-refractivity contribution >= 4 is 23.4 Å². The van der Waals surface area contributed by atoms with Gasteiger partial charge in [-0.15, -0.1) is 0 Å². The summed E-state index contributed by atoms with van der Waals surface area (Å²) >= 11 is 5.86. The van der Waals surface area contributed by atoms with Gasteiger partial charge in [0.15, 0.2) is 6.10 Å². The summed E-state index contributed by atoms with van der Waals surface area (Å²) in [6, 6.07) is 16.6. The number of rotatable bonds is 5. The second kappa shape index (κ2) is 8.91. The van der Waals surface area contributed by atoms with Crippen LogP contribution in [-0.2, 0) is 16.0 Å². The Morgan fingerprint density at radius 1 is 0.963 bits per heavy atom. The Hall–Kier alpha value is -2.53. The summed E-state index contributed by atoms with van der Waals surface area (Å²) in [5, 5.41) is 0.623. The molecule has 3 rings (SSSR count).